The molecule has 2 N–H and O–H groups in total. The van der Waals surface area contributed by atoms with Gasteiger partial charge in [0.1, 0.15) is 12.4 Å². The van der Waals surface area contributed by atoms with E-state index >= 15 is 0 Å². The number of benzene rings is 1. The van der Waals surface area contributed by atoms with Crippen LogP contribution in [0.15, 0.2) is 48.8 Å². The molecule has 0 bridgehead atoms. The highest BCUT2D eigenvalue weighted by molar-refractivity contribution is 5.86. The summed E-state index contributed by atoms with van der Waals surface area (Å²) >= 11 is 0. The highest BCUT2D eigenvalue weighted by Crippen LogP contribution is 2.28. The predicted molar refractivity (Wildman–Crippen MR) is 111 cm³/mol. The Morgan fingerprint density at radius 1 is 1.03 bits per heavy atom. The number of hydrogen-bond donors (Lipinski definition) is 1. The minimum Gasteiger partial charge on any atom is -0.461 e. The molecule has 148 valence electrons. The first-order valence-electron chi connectivity index (χ1n) is 9.27. The summed E-state index contributed by atoms with van der Waals surface area (Å²) in [6, 6.07) is 12.4. The number of aryl methyl sites for hydroxylation is 1. The van der Waals surface area contributed by atoms with E-state index in [1.807, 2.05) is 42.0 Å². The molecule has 8 heteroatoms. The number of rotatable bonds is 7. The van der Waals surface area contributed by atoms with E-state index in [2.05, 4.69) is 27.1 Å². The van der Waals surface area contributed by atoms with Gasteiger partial charge in [-0.25, -0.2) is 4.98 Å². The van der Waals surface area contributed by atoms with E-state index in [4.69, 9.17) is 20.2 Å². The summed E-state index contributed by atoms with van der Waals surface area (Å²) < 4.78 is 12.6. The SMILES string of the molecule is COCCOc1nc(N)c2nc(-c3cncc(C)c3)n(Cc3ccccc3)c2n1. The number of ether oxygens (including phenoxy) is 2. The molecule has 0 spiro atoms. The molecule has 3 heterocycles. The Morgan fingerprint density at radius 3 is 2.62 bits per heavy atom. The van der Waals surface area contributed by atoms with Crippen LogP contribution < -0.4 is 10.5 Å². The first-order chi connectivity index (χ1) is 14.2. The zero-order valence-corrected chi connectivity index (χ0v) is 16.4. The predicted octanol–water partition coefficient (Wildman–Crippen LogP) is 2.85. The Hall–Kier alpha value is -3.52. The number of nitrogen functional groups attached to an aromatic ring is 1. The number of nitrogens with two attached hydrogens (primary N) is 1. The van der Waals surface area contributed by atoms with Crippen molar-refractivity contribution < 1.29 is 9.47 Å². The fraction of sp³-hybridized carbons (Fsp3) is 0.238. The van der Waals surface area contributed by atoms with E-state index in [0.717, 1.165) is 22.5 Å². The third-order valence-electron chi connectivity index (χ3n) is 4.44. The fourth-order valence-corrected chi connectivity index (χ4v) is 3.10. The minimum atomic E-state index is 0.204. The molecule has 0 fully saturated rings. The van der Waals surface area contributed by atoms with Gasteiger partial charge >= 0.3 is 6.01 Å². The number of pyridine rings is 1. The molecule has 3 aromatic heterocycles. The Kier molecular flexibility index (Phi) is 5.35. The summed E-state index contributed by atoms with van der Waals surface area (Å²) in [7, 11) is 1.61. The van der Waals surface area contributed by atoms with Crippen molar-refractivity contribution >= 4 is 17.0 Å². The number of anilines is 1. The average molecular weight is 390 g/mol. The fourth-order valence-electron chi connectivity index (χ4n) is 3.10. The summed E-state index contributed by atoms with van der Waals surface area (Å²) in [6.45, 7) is 3.35. The van der Waals surface area contributed by atoms with Crippen LogP contribution in [0, 0.1) is 6.92 Å². The van der Waals surface area contributed by atoms with Crippen LogP contribution in [0.4, 0.5) is 5.82 Å². The molecule has 0 unspecified atom stereocenters. The van der Waals surface area contributed by atoms with Gasteiger partial charge in [-0.1, -0.05) is 30.3 Å². The van der Waals surface area contributed by atoms with Crippen molar-refractivity contribution in [2.75, 3.05) is 26.1 Å². The molecule has 4 rings (SSSR count). The molecule has 0 amide bonds. The maximum Gasteiger partial charge on any atom is 0.320 e. The monoisotopic (exact) mass is 390 g/mol. The van der Waals surface area contributed by atoms with Gasteiger partial charge in [0, 0.05) is 25.1 Å². The number of nitrogens with zero attached hydrogens (tertiary/aromatic N) is 5. The summed E-state index contributed by atoms with van der Waals surface area (Å²) in [5, 5.41) is 0. The van der Waals surface area contributed by atoms with Gasteiger partial charge in [0.25, 0.3) is 0 Å². The first kappa shape index (κ1) is 18.8. The van der Waals surface area contributed by atoms with Gasteiger partial charge < -0.3 is 19.8 Å². The van der Waals surface area contributed by atoms with Crippen molar-refractivity contribution in [2.24, 2.45) is 0 Å². The molecule has 0 aliphatic heterocycles. The zero-order chi connectivity index (χ0) is 20.2. The van der Waals surface area contributed by atoms with Crippen LogP contribution in [0.5, 0.6) is 6.01 Å². The molecule has 29 heavy (non-hydrogen) atoms. The molecular formula is C21H22N6O2. The molecule has 0 saturated heterocycles. The molecule has 0 saturated carbocycles. The maximum absolute atomic E-state index is 6.19. The van der Waals surface area contributed by atoms with Gasteiger partial charge in [-0.05, 0) is 24.1 Å². The van der Waals surface area contributed by atoms with E-state index in [9.17, 15) is 0 Å². The van der Waals surface area contributed by atoms with Crippen molar-refractivity contribution in [3.63, 3.8) is 0 Å². The number of imidazole rings is 1. The minimum absolute atomic E-state index is 0.204. The van der Waals surface area contributed by atoms with Crippen molar-refractivity contribution in [3.05, 3.63) is 59.9 Å². The van der Waals surface area contributed by atoms with E-state index in [1.54, 1.807) is 13.3 Å². The van der Waals surface area contributed by atoms with Gasteiger partial charge in [-0.3, -0.25) is 4.98 Å². The van der Waals surface area contributed by atoms with Crippen molar-refractivity contribution in [1.82, 2.24) is 24.5 Å². The second-order valence-corrected chi connectivity index (χ2v) is 6.66. The van der Waals surface area contributed by atoms with Gasteiger partial charge in [0.05, 0.1) is 13.2 Å². The summed E-state index contributed by atoms with van der Waals surface area (Å²) in [5.74, 6) is 1.01. The molecule has 0 atom stereocenters. The van der Waals surface area contributed by atoms with Gasteiger partial charge in [-0.2, -0.15) is 9.97 Å². The van der Waals surface area contributed by atoms with Gasteiger partial charge in [0.15, 0.2) is 17.0 Å². The van der Waals surface area contributed by atoms with Crippen LogP contribution in [0.1, 0.15) is 11.1 Å². The highest BCUT2D eigenvalue weighted by Gasteiger charge is 2.19. The molecule has 8 nitrogen and oxygen atoms in total. The second kappa shape index (κ2) is 8.24. The molecular weight excluding hydrogens is 368 g/mol. The lowest BCUT2D eigenvalue weighted by Crippen LogP contribution is -2.09. The number of aromatic nitrogens is 5. The Morgan fingerprint density at radius 2 is 1.86 bits per heavy atom. The third kappa shape index (κ3) is 4.02. The van der Waals surface area contributed by atoms with Crippen LogP contribution >= 0.6 is 0 Å². The van der Waals surface area contributed by atoms with E-state index in [-0.39, 0.29) is 11.8 Å². The van der Waals surface area contributed by atoms with Crippen LogP contribution in [0.2, 0.25) is 0 Å². The quantitative estimate of drug-likeness (QED) is 0.484. The van der Waals surface area contributed by atoms with E-state index < -0.39 is 0 Å². The smallest absolute Gasteiger partial charge is 0.320 e. The Labute approximate surface area is 168 Å². The van der Waals surface area contributed by atoms with Crippen molar-refractivity contribution in [1.29, 1.82) is 0 Å². The lowest BCUT2D eigenvalue weighted by molar-refractivity contribution is 0.141. The number of hydrogen-bond acceptors (Lipinski definition) is 7. The van der Waals surface area contributed by atoms with Crippen LogP contribution in [-0.4, -0.2) is 44.8 Å². The number of methoxy groups -OCH3 is 1. The standard InChI is InChI=1S/C21H22N6O2/c1-14-10-16(12-23-11-14)19-24-17-18(22)25-21(29-9-8-28-2)26-20(17)27(19)13-15-6-4-3-5-7-15/h3-7,10-12H,8-9,13H2,1-2H3,(H2,22,25,26). The molecule has 0 radical (unpaired) electrons. The highest BCUT2D eigenvalue weighted by atomic mass is 16.5. The van der Waals surface area contributed by atoms with Crippen molar-refractivity contribution in [3.8, 4) is 17.4 Å². The van der Waals surface area contributed by atoms with Crippen molar-refractivity contribution in [2.45, 2.75) is 13.5 Å². The van der Waals surface area contributed by atoms with E-state index in [0.29, 0.717) is 30.9 Å². The van der Waals surface area contributed by atoms with Crippen LogP contribution in [0.25, 0.3) is 22.6 Å². The lowest BCUT2D eigenvalue weighted by Gasteiger charge is -2.10. The molecule has 0 aliphatic carbocycles. The van der Waals surface area contributed by atoms with Crippen LogP contribution in [0.3, 0.4) is 0 Å². The normalized spacial score (nSPS) is 11.1. The largest absolute Gasteiger partial charge is 0.461 e. The Balaban J connectivity index is 1.86. The Bertz CT molecular complexity index is 1130. The summed E-state index contributed by atoms with van der Waals surface area (Å²) in [5.41, 5.74) is 10.4. The first-order valence-corrected chi connectivity index (χ1v) is 9.27. The van der Waals surface area contributed by atoms with Gasteiger partial charge in [-0.15, -0.1) is 0 Å². The van der Waals surface area contributed by atoms with Gasteiger partial charge in [0.2, 0.25) is 0 Å². The average Bonchev–Trinajstić information content (AvgIpc) is 3.08. The van der Waals surface area contributed by atoms with Crippen LogP contribution in [-0.2, 0) is 11.3 Å². The zero-order valence-electron chi connectivity index (χ0n) is 16.4. The molecule has 0 aliphatic rings. The lowest BCUT2D eigenvalue weighted by atomic mass is 10.2. The second-order valence-electron chi connectivity index (χ2n) is 6.66. The summed E-state index contributed by atoms with van der Waals surface area (Å²) in [4.78, 5) is 17.9. The third-order valence-corrected chi connectivity index (χ3v) is 4.44. The molecule has 1 aromatic carbocycles. The number of fused-ring (bicyclic) bond motifs is 1. The van der Waals surface area contributed by atoms with E-state index in [1.165, 1.54) is 0 Å². The summed E-state index contributed by atoms with van der Waals surface area (Å²) in [6.07, 6.45) is 3.60. The maximum atomic E-state index is 6.19. The molecule has 4 aromatic rings. The topological polar surface area (TPSA) is 101 Å².